The molecule has 7 heteroatoms. The molecular formula is C20H24N2O4S. The van der Waals surface area contributed by atoms with Crippen LogP contribution in [0.2, 0.25) is 0 Å². The lowest BCUT2D eigenvalue weighted by molar-refractivity contribution is 0.102. The number of sulfonamides is 1. The van der Waals surface area contributed by atoms with Gasteiger partial charge in [-0.05, 0) is 56.5 Å². The van der Waals surface area contributed by atoms with Crippen molar-refractivity contribution in [1.82, 2.24) is 0 Å². The van der Waals surface area contributed by atoms with Crippen molar-refractivity contribution in [2.75, 3.05) is 28.5 Å². The third-order valence-corrected chi connectivity index (χ3v) is 6.35. The molecule has 0 unspecified atom stereocenters. The minimum Gasteiger partial charge on any atom is -0.494 e. The zero-order valence-corrected chi connectivity index (χ0v) is 16.4. The van der Waals surface area contributed by atoms with Crippen LogP contribution in [0.1, 0.15) is 35.7 Å². The maximum Gasteiger partial charge on any atom is 0.255 e. The second-order valence-electron chi connectivity index (χ2n) is 6.51. The highest BCUT2D eigenvalue weighted by Gasteiger charge is 2.27. The highest BCUT2D eigenvalue weighted by atomic mass is 32.2. The number of amides is 1. The zero-order chi connectivity index (χ0) is 19.4. The van der Waals surface area contributed by atoms with E-state index in [2.05, 4.69) is 5.32 Å². The molecule has 1 N–H and O–H groups in total. The quantitative estimate of drug-likeness (QED) is 0.849. The van der Waals surface area contributed by atoms with Crippen molar-refractivity contribution in [1.29, 1.82) is 0 Å². The zero-order valence-electron chi connectivity index (χ0n) is 15.6. The van der Waals surface area contributed by atoms with Crippen molar-refractivity contribution in [3.05, 3.63) is 53.6 Å². The molecule has 3 rings (SSSR count). The van der Waals surface area contributed by atoms with Crippen LogP contribution >= 0.6 is 0 Å². The lowest BCUT2D eigenvalue weighted by Gasteiger charge is -2.29. The van der Waals surface area contributed by atoms with E-state index in [0.29, 0.717) is 42.3 Å². The molecule has 144 valence electrons. The van der Waals surface area contributed by atoms with E-state index in [0.717, 1.165) is 12.0 Å². The molecule has 27 heavy (non-hydrogen) atoms. The Labute approximate surface area is 160 Å². The number of carbonyl (C=O) groups excluding carboxylic acids is 1. The summed E-state index contributed by atoms with van der Waals surface area (Å²) in [5.41, 5.74) is 2.44. The van der Waals surface area contributed by atoms with Crippen molar-refractivity contribution >= 4 is 27.3 Å². The van der Waals surface area contributed by atoms with Gasteiger partial charge in [0.15, 0.2) is 0 Å². The van der Waals surface area contributed by atoms with E-state index in [4.69, 9.17) is 4.74 Å². The standard InChI is InChI=1S/C20H24N2O4S/c1-3-26-18-8-6-7-17(14-18)21-20(23)16-10-9-15(2)19(13-16)22-11-4-5-12-27(22,24)25/h6-10,13-14H,3-5,11-12H2,1-2H3,(H,21,23). The number of anilines is 2. The summed E-state index contributed by atoms with van der Waals surface area (Å²) in [4.78, 5) is 12.7. The van der Waals surface area contributed by atoms with Gasteiger partial charge in [-0.2, -0.15) is 0 Å². The third-order valence-electron chi connectivity index (χ3n) is 4.49. The van der Waals surface area contributed by atoms with Crippen molar-refractivity contribution < 1.29 is 17.9 Å². The van der Waals surface area contributed by atoms with Crippen LogP contribution in [0.4, 0.5) is 11.4 Å². The molecule has 2 aromatic rings. The summed E-state index contributed by atoms with van der Waals surface area (Å²) in [7, 11) is -3.33. The lowest BCUT2D eigenvalue weighted by atomic mass is 10.1. The molecule has 0 bridgehead atoms. The highest BCUT2D eigenvalue weighted by Crippen LogP contribution is 2.28. The van der Waals surface area contributed by atoms with Gasteiger partial charge in [-0.15, -0.1) is 0 Å². The van der Waals surface area contributed by atoms with Gasteiger partial charge >= 0.3 is 0 Å². The van der Waals surface area contributed by atoms with Crippen LogP contribution in [0.5, 0.6) is 5.75 Å². The van der Waals surface area contributed by atoms with Crippen LogP contribution in [0.3, 0.4) is 0 Å². The Morgan fingerprint density at radius 2 is 2.00 bits per heavy atom. The van der Waals surface area contributed by atoms with E-state index < -0.39 is 10.0 Å². The number of rotatable bonds is 5. The number of ether oxygens (including phenoxy) is 1. The molecule has 6 nitrogen and oxygen atoms in total. The number of benzene rings is 2. The molecule has 1 aliphatic heterocycles. The molecule has 1 amide bonds. The van der Waals surface area contributed by atoms with Crippen molar-refractivity contribution in [3.8, 4) is 5.75 Å². The monoisotopic (exact) mass is 388 g/mol. The molecule has 1 heterocycles. The molecule has 0 aliphatic carbocycles. The first-order chi connectivity index (χ1) is 12.9. The molecule has 0 atom stereocenters. The first-order valence-corrected chi connectivity index (χ1v) is 10.7. The van der Waals surface area contributed by atoms with Gasteiger partial charge in [0.1, 0.15) is 5.75 Å². The topological polar surface area (TPSA) is 75.7 Å². The van der Waals surface area contributed by atoms with Crippen molar-refractivity contribution in [2.45, 2.75) is 26.7 Å². The van der Waals surface area contributed by atoms with Gasteiger partial charge in [-0.1, -0.05) is 12.1 Å². The fourth-order valence-electron chi connectivity index (χ4n) is 3.11. The molecular weight excluding hydrogens is 364 g/mol. The minimum absolute atomic E-state index is 0.146. The molecule has 1 saturated heterocycles. The predicted molar refractivity (Wildman–Crippen MR) is 107 cm³/mol. The number of hydrogen-bond donors (Lipinski definition) is 1. The molecule has 1 fully saturated rings. The summed E-state index contributed by atoms with van der Waals surface area (Å²) in [5, 5.41) is 2.84. The number of aryl methyl sites for hydroxylation is 1. The highest BCUT2D eigenvalue weighted by molar-refractivity contribution is 7.92. The predicted octanol–water partition coefficient (Wildman–Crippen LogP) is 3.58. The Kier molecular flexibility index (Phi) is 5.70. The van der Waals surface area contributed by atoms with E-state index in [9.17, 15) is 13.2 Å². The van der Waals surface area contributed by atoms with Gasteiger partial charge in [0, 0.05) is 23.9 Å². The van der Waals surface area contributed by atoms with Crippen LogP contribution in [0.15, 0.2) is 42.5 Å². The van der Waals surface area contributed by atoms with E-state index in [-0.39, 0.29) is 11.7 Å². The number of hydrogen-bond acceptors (Lipinski definition) is 4. The number of nitrogens with zero attached hydrogens (tertiary/aromatic N) is 1. The number of nitrogens with one attached hydrogen (secondary N) is 1. The third kappa shape index (κ3) is 4.42. The Hall–Kier alpha value is -2.54. The average molecular weight is 388 g/mol. The lowest BCUT2D eigenvalue weighted by Crippen LogP contribution is -2.38. The fourth-order valence-corrected chi connectivity index (χ4v) is 4.81. The van der Waals surface area contributed by atoms with Gasteiger partial charge in [0.2, 0.25) is 10.0 Å². The van der Waals surface area contributed by atoms with Gasteiger partial charge in [0.25, 0.3) is 5.91 Å². The first-order valence-electron chi connectivity index (χ1n) is 9.06. The maximum atomic E-state index is 12.7. The molecule has 0 spiro atoms. The van der Waals surface area contributed by atoms with Gasteiger partial charge in [-0.25, -0.2) is 8.42 Å². The second kappa shape index (κ2) is 8.00. The fraction of sp³-hybridized carbons (Fsp3) is 0.350. The largest absolute Gasteiger partial charge is 0.494 e. The summed E-state index contributed by atoms with van der Waals surface area (Å²) in [6.07, 6.45) is 1.49. The maximum absolute atomic E-state index is 12.7. The Bertz CT molecular complexity index is 941. The smallest absolute Gasteiger partial charge is 0.255 e. The first kappa shape index (κ1) is 19.2. The van der Waals surface area contributed by atoms with E-state index in [1.54, 1.807) is 30.3 Å². The Morgan fingerprint density at radius 3 is 2.74 bits per heavy atom. The minimum atomic E-state index is -3.33. The van der Waals surface area contributed by atoms with Crippen LogP contribution in [-0.2, 0) is 10.0 Å². The summed E-state index contributed by atoms with van der Waals surface area (Å²) in [5.74, 6) is 0.534. The molecule has 1 aliphatic rings. The van der Waals surface area contributed by atoms with Crippen molar-refractivity contribution in [2.24, 2.45) is 0 Å². The van der Waals surface area contributed by atoms with E-state index >= 15 is 0 Å². The summed E-state index contributed by atoms with van der Waals surface area (Å²) in [6.45, 7) is 4.74. The van der Waals surface area contributed by atoms with Crippen LogP contribution in [0, 0.1) is 6.92 Å². The van der Waals surface area contributed by atoms with E-state index in [1.807, 2.05) is 26.0 Å². The van der Waals surface area contributed by atoms with Gasteiger partial charge in [0.05, 0.1) is 18.0 Å². The summed E-state index contributed by atoms with van der Waals surface area (Å²) in [6, 6.07) is 12.3. The van der Waals surface area contributed by atoms with E-state index in [1.165, 1.54) is 4.31 Å². The van der Waals surface area contributed by atoms with Gasteiger partial charge < -0.3 is 10.1 Å². The van der Waals surface area contributed by atoms with Crippen molar-refractivity contribution in [3.63, 3.8) is 0 Å². The SMILES string of the molecule is CCOc1cccc(NC(=O)c2ccc(C)c(N3CCCCS3(=O)=O)c2)c1. The Balaban J connectivity index is 1.85. The van der Waals surface area contributed by atoms with Gasteiger partial charge in [-0.3, -0.25) is 9.10 Å². The van der Waals surface area contributed by atoms with Crippen LogP contribution in [-0.4, -0.2) is 33.2 Å². The summed E-state index contributed by atoms with van der Waals surface area (Å²) < 4.78 is 31.7. The number of carbonyl (C=O) groups is 1. The summed E-state index contributed by atoms with van der Waals surface area (Å²) >= 11 is 0. The average Bonchev–Trinajstić information content (AvgIpc) is 2.63. The molecule has 0 aromatic heterocycles. The second-order valence-corrected chi connectivity index (χ2v) is 8.52. The Morgan fingerprint density at radius 1 is 1.19 bits per heavy atom. The molecule has 0 radical (unpaired) electrons. The molecule has 0 saturated carbocycles. The molecule has 2 aromatic carbocycles. The van der Waals surface area contributed by atoms with Crippen LogP contribution < -0.4 is 14.4 Å². The normalized spacial score (nSPS) is 16.0. The van der Waals surface area contributed by atoms with Crippen LogP contribution in [0.25, 0.3) is 0 Å².